The molecule has 0 heterocycles. The Bertz CT molecular complexity index is 933. The van der Waals surface area contributed by atoms with Crippen molar-refractivity contribution in [1.82, 2.24) is 0 Å². The van der Waals surface area contributed by atoms with Gasteiger partial charge in [0.15, 0.2) is 5.78 Å². The summed E-state index contributed by atoms with van der Waals surface area (Å²) in [5, 5.41) is 10.8. The van der Waals surface area contributed by atoms with Crippen LogP contribution in [0.5, 0.6) is 0 Å². The van der Waals surface area contributed by atoms with Crippen LogP contribution in [-0.4, -0.2) is 16.9 Å². The Morgan fingerprint density at radius 3 is 2.24 bits per heavy atom. The Hall–Kier alpha value is -3.60. The summed E-state index contributed by atoms with van der Waals surface area (Å²) in [6.45, 7) is 0. The van der Waals surface area contributed by atoms with Crippen LogP contribution in [0.4, 0.5) is 11.4 Å². The van der Waals surface area contributed by atoms with Crippen LogP contribution in [-0.2, 0) is 0 Å². The predicted molar refractivity (Wildman–Crippen MR) is 96.7 cm³/mol. The van der Waals surface area contributed by atoms with Gasteiger partial charge in [0.25, 0.3) is 5.69 Å². The van der Waals surface area contributed by atoms with Crippen molar-refractivity contribution in [2.45, 2.75) is 0 Å². The Balaban J connectivity index is 1.76. The second-order valence-corrected chi connectivity index (χ2v) is 5.35. The Morgan fingerprint density at radius 2 is 1.56 bits per heavy atom. The van der Waals surface area contributed by atoms with Crippen LogP contribution in [0.2, 0.25) is 0 Å². The van der Waals surface area contributed by atoms with Crippen molar-refractivity contribution < 1.29 is 9.72 Å². The molecule has 3 rings (SSSR count). The fraction of sp³-hybridized carbons (Fsp3) is 0. The number of nitrogens with zero attached hydrogens (tertiary/aromatic N) is 2. The van der Waals surface area contributed by atoms with Gasteiger partial charge in [-0.2, -0.15) is 0 Å². The number of carbonyl (C=O) groups excluding carboxylic acids is 1. The maximum atomic E-state index is 12.3. The first-order valence-corrected chi connectivity index (χ1v) is 7.62. The molecule has 0 unspecified atom stereocenters. The van der Waals surface area contributed by atoms with Crippen LogP contribution >= 0.6 is 0 Å². The maximum Gasteiger partial charge on any atom is 0.270 e. The average molecular weight is 330 g/mol. The highest BCUT2D eigenvalue weighted by molar-refractivity contribution is 6.09. The highest BCUT2D eigenvalue weighted by Gasteiger charge is 2.08. The van der Waals surface area contributed by atoms with E-state index in [1.54, 1.807) is 54.7 Å². The molecule has 5 heteroatoms. The van der Waals surface area contributed by atoms with Crippen molar-refractivity contribution in [1.29, 1.82) is 0 Å². The minimum Gasteiger partial charge on any atom is -0.289 e. The zero-order chi connectivity index (χ0) is 17.6. The molecule has 0 atom stereocenters. The first-order chi connectivity index (χ1) is 12.1. The van der Waals surface area contributed by atoms with Gasteiger partial charge in [-0.15, -0.1) is 0 Å². The number of aliphatic imine (C=N–C) groups is 1. The molecule has 0 N–H and O–H groups in total. The van der Waals surface area contributed by atoms with Crippen molar-refractivity contribution in [2.24, 2.45) is 4.99 Å². The molecule has 0 bridgehead atoms. The van der Waals surface area contributed by atoms with E-state index in [-0.39, 0.29) is 11.5 Å². The lowest BCUT2D eigenvalue weighted by Gasteiger charge is -2.01. The Morgan fingerprint density at radius 1 is 0.880 bits per heavy atom. The Labute approximate surface area is 144 Å². The van der Waals surface area contributed by atoms with Gasteiger partial charge < -0.3 is 0 Å². The van der Waals surface area contributed by atoms with E-state index < -0.39 is 4.92 Å². The van der Waals surface area contributed by atoms with E-state index in [9.17, 15) is 14.9 Å². The van der Waals surface area contributed by atoms with Crippen LogP contribution in [0.3, 0.4) is 0 Å². The lowest BCUT2D eigenvalue weighted by molar-refractivity contribution is -0.384. The zero-order valence-corrected chi connectivity index (χ0v) is 13.2. The molecule has 0 aliphatic rings. The number of hydrogen-bond donors (Lipinski definition) is 0. The van der Waals surface area contributed by atoms with E-state index in [1.165, 1.54) is 12.1 Å². The second kappa shape index (κ2) is 7.31. The lowest BCUT2D eigenvalue weighted by Crippen LogP contribution is -2.00. The van der Waals surface area contributed by atoms with Crippen LogP contribution < -0.4 is 0 Å². The van der Waals surface area contributed by atoms with E-state index in [2.05, 4.69) is 4.99 Å². The second-order valence-electron chi connectivity index (χ2n) is 5.35. The molecule has 0 saturated heterocycles. The van der Waals surface area contributed by atoms with Crippen molar-refractivity contribution in [3.05, 3.63) is 106 Å². The summed E-state index contributed by atoms with van der Waals surface area (Å²) >= 11 is 0. The third-order valence-electron chi connectivity index (χ3n) is 3.61. The number of ketones is 1. The minimum atomic E-state index is -0.443. The van der Waals surface area contributed by atoms with Gasteiger partial charge in [0.1, 0.15) is 0 Å². The summed E-state index contributed by atoms with van der Waals surface area (Å²) < 4.78 is 0. The third kappa shape index (κ3) is 4.03. The fourth-order valence-corrected chi connectivity index (χ4v) is 2.32. The number of non-ortho nitro benzene ring substituents is 1. The van der Waals surface area contributed by atoms with Gasteiger partial charge in [-0.1, -0.05) is 42.5 Å². The normalized spacial score (nSPS) is 10.7. The van der Waals surface area contributed by atoms with Gasteiger partial charge in [0.05, 0.1) is 10.6 Å². The van der Waals surface area contributed by atoms with Crippen LogP contribution in [0.15, 0.2) is 83.9 Å². The summed E-state index contributed by atoms with van der Waals surface area (Å²) in [5.74, 6) is -0.0465. The molecule has 0 aliphatic carbocycles. The van der Waals surface area contributed by atoms with Gasteiger partial charge in [0, 0.05) is 29.5 Å². The quantitative estimate of drug-likeness (QED) is 0.297. The van der Waals surface area contributed by atoms with E-state index in [4.69, 9.17) is 0 Å². The van der Waals surface area contributed by atoms with Gasteiger partial charge in [-0.25, -0.2) is 0 Å². The number of nitro benzene ring substituents is 1. The van der Waals surface area contributed by atoms with Crippen molar-refractivity contribution >= 4 is 23.4 Å². The number of rotatable bonds is 5. The van der Waals surface area contributed by atoms with Gasteiger partial charge in [0.2, 0.25) is 0 Å². The molecule has 122 valence electrons. The number of carbonyl (C=O) groups is 1. The molecule has 0 spiro atoms. The standard InChI is InChI=1S/C20H14N2O3/c23-20(16-6-2-1-3-7-16)17-9-11-18(12-10-17)21-14-15-5-4-8-19(13-15)22(24)25/h1-14H. The summed E-state index contributed by atoms with van der Waals surface area (Å²) in [6, 6.07) is 22.2. The molecule has 5 nitrogen and oxygen atoms in total. The molecule has 3 aromatic carbocycles. The van der Waals surface area contributed by atoms with E-state index in [1.807, 2.05) is 18.2 Å². The maximum absolute atomic E-state index is 12.3. The first-order valence-electron chi connectivity index (χ1n) is 7.62. The van der Waals surface area contributed by atoms with Crippen molar-refractivity contribution in [3.8, 4) is 0 Å². The smallest absolute Gasteiger partial charge is 0.270 e. The van der Waals surface area contributed by atoms with Crippen LogP contribution in [0, 0.1) is 10.1 Å². The van der Waals surface area contributed by atoms with Crippen molar-refractivity contribution in [2.75, 3.05) is 0 Å². The van der Waals surface area contributed by atoms with Gasteiger partial charge >= 0.3 is 0 Å². The number of nitro groups is 1. The van der Waals surface area contributed by atoms with E-state index in [0.717, 1.165) is 0 Å². The Kier molecular flexibility index (Phi) is 4.76. The molecule has 0 radical (unpaired) electrons. The van der Waals surface area contributed by atoms with E-state index >= 15 is 0 Å². The monoisotopic (exact) mass is 330 g/mol. The largest absolute Gasteiger partial charge is 0.289 e. The summed E-state index contributed by atoms with van der Waals surface area (Å²) in [6.07, 6.45) is 1.56. The molecule has 0 saturated carbocycles. The molecule has 0 amide bonds. The first kappa shape index (κ1) is 16.3. The molecule has 25 heavy (non-hydrogen) atoms. The number of hydrogen-bond acceptors (Lipinski definition) is 4. The minimum absolute atomic E-state index is 0.0211. The lowest BCUT2D eigenvalue weighted by atomic mass is 10.0. The zero-order valence-electron chi connectivity index (χ0n) is 13.2. The highest BCUT2D eigenvalue weighted by Crippen LogP contribution is 2.17. The fourth-order valence-electron chi connectivity index (χ4n) is 2.32. The third-order valence-corrected chi connectivity index (χ3v) is 3.61. The SMILES string of the molecule is O=C(c1ccccc1)c1ccc(N=Cc2cccc([N+](=O)[O-])c2)cc1. The van der Waals surface area contributed by atoms with Crippen LogP contribution in [0.1, 0.15) is 21.5 Å². The summed E-state index contributed by atoms with van der Waals surface area (Å²) in [4.78, 5) is 27.0. The van der Waals surface area contributed by atoms with Gasteiger partial charge in [-0.3, -0.25) is 19.9 Å². The molecule has 0 aliphatic heterocycles. The molecule has 0 aromatic heterocycles. The summed E-state index contributed by atoms with van der Waals surface area (Å²) in [5.41, 5.74) is 2.54. The highest BCUT2D eigenvalue weighted by atomic mass is 16.6. The van der Waals surface area contributed by atoms with Crippen LogP contribution in [0.25, 0.3) is 0 Å². The molecular formula is C20H14N2O3. The summed E-state index contributed by atoms with van der Waals surface area (Å²) in [7, 11) is 0. The molecule has 0 fully saturated rings. The molecular weight excluding hydrogens is 316 g/mol. The van der Waals surface area contributed by atoms with E-state index in [0.29, 0.717) is 22.4 Å². The number of benzene rings is 3. The van der Waals surface area contributed by atoms with Crippen molar-refractivity contribution in [3.63, 3.8) is 0 Å². The molecule has 3 aromatic rings. The predicted octanol–water partition coefficient (Wildman–Crippen LogP) is 4.58. The van der Waals surface area contributed by atoms with Gasteiger partial charge in [-0.05, 0) is 29.8 Å². The average Bonchev–Trinajstić information content (AvgIpc) is 2.67. The topological polar surface area (TPSA) is 72.6 Å².